The van der Waals surface area contributed by atoms with Crippen LogP contribution in [-0.4, -0.2) is 43.4 Å². The maximum Gasteiger partial charge on any atom is 0.269 e. The van der Waals surface area contributed by atoms with Crippen molar-refractivity contribution in [2.75, 3.05) is 18.8 Å². The van der Waals surface area contributed by atoms with Crippen LogP contribution in [0.4, 0.5) is 0 Å². The highest BCUT2D eigenvalue weighted by Gasteiger charge is 2.22. The number of benzene rings is 2. The summed E-state index contributed by atoms with van der Waals surface area (Å²) in [5.74, 6) is -0.0459. The number of hydrazine groups is 1. The van der Waals surface area contributed by atoms with Gasteiger partial charge in [-0.1, -0.05) is 49.7 Å². The third-order valence-corrected chi connectivity index (χ3v) is 7.39. The van der Waals surface area contributed by atoms with Crippen LogP contribution in [0.1, 0.15) is 35.3 Å². The molecule has 162 valence electrons. The van der Waals surface area contributed by atoms with Crippen molar-refractivity contribution in [3.63, 3.8) is 0 Å². The highest BCUT2D eigenvalue weighted by molar-refractivity contribution is 7.99. The van der Waals surface area contributed by atoms with E-state index in [1.807, 2.05) is 25.1 Å². The third-order valence-electron chi connectivity index (χ3n) is 4.34. The molecule has 2 aromatic rings. The van der Waals surface area contributed by atoms with E-state index in [-0.39, 0.29) is 22.1 Å². The maximum atomic E-state index is 12.6. The number of rotatable bonds is 9. The van der Waals surface area contributed by atoms with Gasteiger partial charge in [-0.15, -0.1) is 11.8 Å². The van der Waals surface area contributed by atoms with Crippen LogP contribution in [0.15, 0.2) is 53.4 Å². The highest BCUT2D eigenvalue weighted by Crippen LogP contribution is 2.17. The monoisotopic (exact) mass is 449 g/mol. The maximum absolute atomic E-state index is 12.6. The van der Waals surface area contributed by atoms with E-state index in [1.54, 1.807) is 13.8 Å². The summed E-state index contributed by atoms with van der Waals surface area (Å²) in [5, 5.41) is 0. The molecule has 2 N–H and O–H groups in total. The van der Waals surface area contributed by atoms with Crippen LogP contribution in [0, 0.1) is 6.92 Å². The first-order valence-electron chi connectivity index (χ1n) is 9.60. The Labute approximate surface area is 182 Å². The Bertz CT molecular complexity index is 989. The topological polar surface area (TPSA) is 95.6 Å². The molecular formula is C21H27N3O4S2. The molecule has 0 bridgehead atoms. The Balaban J connectivity index is 1.89. The number of thioether (sulfide) groups is 1. The number of amides is 2. The van der Waals surface area contributed by atoms with Crippen LogP contribution in [0.5, 0.6) is 0 Å². The van der Waals surface area contributed by atoms with Crippen LogP contribution >= 0.6 is 11.8 Å². The van der Waals surface area contributed by atoms with Gasteiger partial charge >= 0.3 is 0 Å². The first-order chi connectivity index (χ1) is 14.3. The summed E-state index contributed by atoms with van der Waals surface area (Å²) >= 11 is 1.44. The molecule has 0 heterocycles. The predicted molar refractivity (Wildman–Crippen MR) is 119 cm³/mol. The van der Waals surface area contributed by atoms with E-state index in [1.165, 1.54) is 40.3 Å². The molecule has 0 aliphatic carbocycles. The van der Waals surface area contributed by atoms with Crippen molar-refractivity contribution in [2.24, 2.45) is 0 Å². The molecule has 0 aromatic heterocycles. The van der Waals surface area contributed by atoms with Gasteiger partial charge in [-0.3, -0.25) is 20.4 Å². The molecule has 2 amide bonds. The average molecular weight is 450 g/mol. The minimum absolute atomic E-state index is 0.0406. The zero-order chi connectivity index (χ0) is 22.1. The largest absolute Gasteiger partial charge is 0.272 e. The number of hydrogen-bond acceptors (Lipinski definition) is 5. The minimum atomic E-state index is -3.67. The number of nitrogens with one attached hydrogen (secondary N) is 2. The summed E-state index contributed by atoms with van der Waals surface area (Å²) in [6.07, 6.45) is 0. The van der Waals surface area contributed by atoms with Gasteiger partial charge in [0.2, 0.25) is 15.9 Å². The number of aryl methyl sites for hydroxylation is 1. The fourth-order valence-corrected chi connectivity index (χ4v) is 5.09. The molecule has 0 spiro atoms. The van der Waals surface area contributed by atoms with E-state index in [9.17, 15) is 18.0 Å². The second-order valence-electron chi connectivity index (χ2n) is 6.60. The van der Waals surface area contributed by atoms with Gasteiger partial charge in [-0.05, 0) is 30.7 Å². The molecule has 0 atom stereocenters. The van der Waals surface area contributed by atoms with Gasteiger partial charge in [0.1, 0.15) is 0 Å². The number of carbonyl (C=O) groups excluding carboxylic acids is 2. The standard InChI is InChI=1S/C21H27N3O4S2/c1-4-24(5-2)30(27,28)19-11-7-10-18(13-19)21(26)23-22-20(25)15-29-14-17-9-6-8-16(3)12-17/h6-13H,4-5,14-15H2,1-3H3,(H,22,25)(H,23,26). The second kappa shape index (κ2) is 11.1. The molecule has 2 rings (SSSR count). The van der Waals surface area contributed by atoms with E-state index in [4.69, 9.17) is 0 Å². The molecule has 0 saturated heterocycles. The van der Waals surface area contributed by atoms with Crippen molar-refractivity contribution in [3.05, 3.63) is 65.2 Å². The van der Waals surface area contributed by atoms with E-state index in [0.29, 0.717) is 18.8 Å². The first kappa shape index (κ1) is 23.9. The van der Waals surface area contributed by atoms with E-state index in [2.05, 4.69) is 16.9 Å². The van der Waals surface area contributed by atoms with Crippen molar-refractivity contribution in [1.29, 1.82) is 0 Å². The lowest BCUT2D eigenvalue weighted by atomic mass is 10.2. The van der Waals surface area contributed by atoms with Crippen molar-refractivity contribution in [3.8, 4) is 0 Å². The second-order valence-corrected chi connectivity index (χ2v) is 9.52. The van der Waals surface area contributed by atoms with Crippen LogP contribution < -0.4 is 10.9 Å². The third kappa shape index (κ3) is 6.58. The van der Waals surface area contributed by atoms with Gasteiger partial charge in [0.25, 0.3) is 5.91 Å². The van der Waals surface area contributed by atoms with Gasteiger partial charge in [0.15, 0.2) is 0 Å². The van der Waals surface area contributed by atoms with Crippen molar-refractivity contribution in [1.82, 2.24) is 15.2 Å². The Hall–Kier alpha value is -2.36. The van der Waals surface area contributed by atoms with E-state index < -0.39 is 15.9 Å². The SMILES string of the molecule is CCN(CC)S(=O)(=O)c1cccc(C(=O)NNC(=O)CSCc2cccc(C)c2)c1. The predicted octanol–water partition coefficient (Wildman–Crippen LogP) is 2.72. The minimum Gasteiger partial charge on any atom is -0.272 e. The molecule has 0 saturated carbocycles. The Kier molecular flexibility index (Phi) is 8.88. The van der Waals surface area contributed by atoms with Crippen LogP contribution in [0.2, 0.25) is 0 Å². The van der Waals surface area contributed by atoms with Gasteiger partial charge < -0.3 is 0 Å². The molecule has 7 nitrogen and oxygen atoms in total. The quantitative estimate of drug-likeness (QED) is 0.574. The fourth-order valence-electron chi connectivity index (χ4n) is 2.81. The summed E-state index contributed by atoms with van der Waals surface area (Å²) in [4.78, 5) is 24.3. The van der Waals surface area contributed by atoms with Crippen LogP contribution in [0.3, 0.4) is 0 Å². The summed E-state index contributed by atoms with van der Waals surface area (Å²) in [6.45, 7) is 6.20. The number of hydrogen-bond donors (Lipinski definition) is 2. The molecule has 9 heteroatoms. The molecule has 0 aliphatic heterocycles. The van der Waals surface area contributed by atoms with Crippen molar-refractivity contribution >= 4 is 33.6 Å². The highest BCUT2D eigenvalue weighted by atomic mass is 32.2. The summed E-state index contributed by atoms with van der Waals surface area (Å²) in [5.41, 5.74) is 7.13. The lowest BCUT2D eigenvalue weighted by Gasteiger charge is -2.18. The van der Waals surface area contributed by atoms with Gasteiger partial charge in [-0.2, -0.15) is 4.31 Å². The Morgan fingerprint density at radius 1 is 1.00 bits per heavy atom. The molecule has 0 unspecified atom stereocenters. The lowest BCUT2D eigenvalue weighted by molar-refractivity contribution is -0.119. The van der Waals surface area contributed by atoms with Crippen molar-refractivity contribution < 1.29 is 18.0 Å². The zero-order valence-electron chi connectivity index (χ0n) is 17.3. The van der Waals surface area contributed by atoms with Gasteiger partial charge in [-0.25, -0.2) is 8.42 Å². The summed E-state index contributed by atoms with van der Waals surface area (Å²) in [6, 6.07) is 13.8. The normalized spacial score (nSPS) is 11.3. The smallest absolute Gasteiger partial charge is 0.269 e. The molecule has 0 radical (unpaired) electrons. The first-order valence-corrected chi connectivity index (χ1v) is 12.2. The summed E-state index contributed by atoms with van der Waals surface area (Å²) < 4.78 is 26.5. The molecular weight excluding hydrogens is 422 g/mol. The van der Waals surface area contributed by atoms with Crippen molar-refractivity contribution in [2.45, 2.75) is 31.4 Å². The van der Waals surface area contributed by atoms with Crippen LogP contribution in [0.25, 0.3) is 0 Å². The number of carbonyl (C=O) groups is 2. The molecule has 0 aliphatic rings. The summed E-state index contributed by atoms with van der Waals surface area (Å²) in [7, 11) is -3.67. The zero-order valence-corrected chi connectivity index (χ0v) is 19.0. The van der Waals surface area contributed by atoms with Gasteiger partial charge in [0, 0.05) is 24.4 Å². The van der Waals surface area contributed by atoms with E-state index >= 15 is 0 Å². The van der Waals surface area contributed by atoms with E-state index in [0.717, 1.165) is 11.1 Å². The molecule has 0 fully saturated rings. The fraction of sp³-hybridized carbons (Fsp3) is 0.333. The number of nitrogens with zero attached hydrogens (tertiary/aromatic N) is 1. The molecule has 30 heavy (non-hydrogen) atoms. The lowest BCUT2D eigenvalue weighted by Crippen LogP contribution is -2.42. The Morgan fingerprint density at radius 2 is 1.70 bits per heavy atom. The average Bonchev–Trinajstić information content (AvgIpc) is 2.73. The van der Waals surface area contributed by atoms with Gasteiger partial charge in [0.05, 0.1) is 10.6 Å². The Morgan fingerprint density at radius 3 is 2.37 bits per heavy atom. The van der Waals surface area contributed by atoms with Crippen LogP contribution in [-0.2, 0) is 20.6 Å². The molecule has 2 aromatic carbocycles. The number of sulfonamides is 1.